The molecule has 3 saturated heterocycles. The largest absolute Gasteiger partial charge is 0.508 e. The van der Waals surface area contributed by atoms with E-state index >= 15 is 0 Å². The highest BCUT2D eigenvalue weighted by Gasteiger charge is 2.76. The van der Waals surface area contributed by atoms with Crippen LogP contribution < -0.4 is 0 Å². The molecule has 3 heterocycles. The lowest BCUT2D eigenvalue weighted by molar-refractivity contribution is -0.148. The van der Waals surface area contributed by atoms with Crippen molar-refractivity contribution >= 4 is 5.91 Å². The average molecular weight is 449 g/mol. The van der Waals surface area contributed by atoms with Gasteiger partial charge in [-0.05, 0) is 111 Å². The van der Waals surface area contributed by atoms with Gasteiger partial charge in [-0.2, -0.15) is 0 Å². The minimum atomic E-state index is -0.205. The van der Waals surface area contributed by atoms with Crippen LogP contribution in [0.2, 0.25) is 0 Å². The van der Waals surface area contributed by atoms with Crippen LogP contribution in [0.5, 0.6) is 5.75 Å². The van der Waals surface area contributed by atoms with Crippen LogP contribution in [0.15, 0.2) is 18.2 Å². The first-order valence-corrected chi connectivity index (χ1v) is 13.6. The Labute approximate surface area is 196 Å². The number of hydrogen-bond acceptors (Lipinski definition) is 4. The lowest BCUT2D eigenvalue weighted by Crippen LogP contribution is -2.70. The zero-order valence-electron chi connectivity index (χ0n) is 19.5. The van der Waals surface area contributed by atoms with Crippen LogP contribution in [-0.4, -0.2) is 65.2 Å². The van der Waals surface area contributed by atoms with Gasteiger partial charge in [-0.25, -0.2) is 0 Å². The lowest BCUT2D eigenvalue weighted by Gasteiger charge is -2.66. The van der Waals surface area contributed by atoms with Crippen molar-refractivity contribution in [2.45, 2.75) is 81.4 Å². The van der Waals surface area contributed by atoms with E-state index in [2.05, 4.69) is 21.9 Å². The quantitative estimate of drug-likeness (QED) is 0.769. The highest BCUT2D eigenvalue weighted by Crippen LogP contribution is 2.75. The molecule has 3 aliphatic heterocycles. The Morgan fingerprint density at radius 3 is 2.91 bits per heavy atom. The molecule has 5 heteroatoms. The number of likely N-dealkylation sites (tertiary alicyclic amines) is 2. The van der Waals surface area contributed by atoms with Crippen molar-refractivity contribution in [3.05, 3.63) is 29.3 Å². The number of phenols is 1. The molecular weight excluding hydrogens is 412 g/mol. The maximum atomic E-state index is 13.5. The van der Waals surface area contributed by atoms with Gasteiger partial charge in [-0.1, -0.05) is 6.07 Å². The van der Waals surface area contributed by atoms with Crippen LogP contribution in [0.4, 0.5) is 0 Å². The number of piperidine rings is 1. The Balaban J connectivity index is 1.24. The van der Waals surface area contributed by atoms with Gasteiger partial charge in [0, 0.05) is 37.2 Å². The number of rotatable bonds is 3. The first kappa shape index (κ1) is 19.7. The van der Waals surface area contributed by atoms with Crippen LogP contribution in [0.3, 0.4) is 0 Å². The molecule has 0 radical (unpaired) electrons. The van der Waals surface area contributed by atoms with E-state index in [0.717, 1.165) is 44.8 Å². The molecule has 3 saturated carbocycles. The normalized spacial score (nSPS) is 45.2. The van der Waals surface area contributed by atoms with Gasteiger partial charge in [0.05, 0.1) is 0 Å². The van der Waals surface area contributed by atoms with E-state index in [1.165, 1.54) is 56.3 Å². The second-order valence-electron chi connectivity index (χ2n) is 12.5. The van der Waals surface area contributed by atoms with Gasteiger partial charge in [-0.3, -0.25) is 9.69 Å². The summed E-state index contributed by atoms with van der Waals surface area (Å²) in [5, 5.41) is 10.6. The molecule has 7 aliphatic rings. The molecule has 7 atom stereocenters. The summed E-state index contributed by atoms with van der Waals surface area (Å²) in [6.45, 7) is 4.15. The standard InChI is InChI=1S/C28H36N2O3/c31-20-6-5-18-12-24-27-8-7-22-25(19(14-27)16-30(22)26(32)23-2-1-11-33-23)28(27,21(18)13-20)9-10-29(24)15-17-3-4-17/h5-6,13,17,19,22-25,31H,1-4,7-12,14-16H2/t19-,22?,23-,24?,25?,27?,28?/m1/s1. The Kier molecular flexibility index (Phi) is 3.90. The summed E-state index contributed by atoms with van der Waals surface area (Å²) in [6, 6.07) is 7.25. The topological polar surface area (TPSA) is 53.0 Å². The highest BCUT2D eigenvalue weighted by atomic mass is 16.5. The van der Waals surface area contributed by atoms with E-state index in [-0.39, 0.29) is 17.4 Å². The van der Waals surface area contributed by atoms with E-state index in [1.54, 1.807) is 0 Å². The first-order valence-electron chi connectivity index (χ1n) is 13.6. The lowest BCUT2D eigenvalue weighted by atomic mass is 9.43. The van der Waals surface area contributed by atoms with Crippen LogP contribution in [-0.2, 0) is 21.4 Å². The summed E-state index contributed by atoms with van der Waals surface area (Å²) in [5.74, 6) is 2.75. The van der Waals surface area contributed by atoms with Gasteiger partial charge in [0.2, 0.25) is 0 Å². The second kappa shape index (κ2) is 6.54. The van der Waals surface area contributed by atoms with E-state index in [1.807, 2.05) is 6.07 Å². The van der Waals surface area contributed by atoms with E-state index in [0.29, 0.717) is 35.1 Å². The number of amides is 1. The molecule has 1 aromatic rings. The van der Waals surface area contributed by atoms with Crippen molar-refractivity contribution in [3.8, 4) is 5.75 Å². The highest BCUT2D eigenvalue weighted by molar-refractivity contribution is 5.82. The van der Waals surface area contributed by atoms with Crippen LogP contribution in [0.1, 0.15) is 62.5 Å². The van der Waals surface area contributed by atoms with Crippen molar-refractivity contribution in [1.82, 2.24) is 9.80 Å². The molecule has 5 unspecified atom stereocenters. The van der Waals surface area contributed by atoms with Gasteiger partial charge < -0.3 is 14.7 Å². The summed E-state index contributed by atoms with van der Waals surface area (Å²) in [6.07, 6.45) is 10.5. The fourth-order valence-corrected chi connectivity index (χ4v) is 10.2. The Hall–Kier alpha value is -1.59. The molecule has 1 amide bonds. The van der Waals surface area contributed by atoms with Gasteiger partial charge >= 0.3 is 0 Å². The van der Waals surface area contributed by atoms with Gasteiger partial charge in [-0.15, -0.1) is 0 Å². The van der Waals surface area contributed by atoms with E-state index in [4.69, 9.17) is 4.74 Å². The summed E-state index contributed by atoms with van der Waals surface area (Å²) in [7, 11) is 0. The third-order valence-electron chi connectivity index (χ3n) is 11.3. The zero-order valence-corrected chi connectivity index (χ0v) is 19.5. The average Bonchev–Trinajstić information content (AvgIpc) is 3.24. The van der Waals surface area contributed by atoms with E-state index < -0.39 is 0 Å². The van der Waals surface area contributed by atoms with Crippen LogP contribution in [0.25, 0.3) is 0 Å². The summed E-state index contributed by atoms with van der Waals surface area (Å²) < 4.78 is 5.84. The predicted molar refractivity (Wildman–Crippen MR) is 124 cm³/mol. The molecule has 0 aromatic heterocycles. The number of phenolic OH excluding ortho intramolecular Hbond substituents is 1. The number of carbonyl (C=O) groups excluding carboxylic acids is 1. The predicted octanol–water partition coefficient (Wildman–Crippen LogP) is 3.48. The minimum Gasteiger partial charge on any atom is -0.508 e. The molecule has 8 rings (SSSR count). The van der Waals surface area contributed by atoms with Gasteiger partial charge in [0.25, 0.3) is 5.91 Å². The third kappa shape index (κ3) is 2.39. The fraction of sp³-hybridized carbons (Fsp3) is 0.750. The van der Waals surface area contributed by atoms with Crippen LogP contribution in [0, 0.1) is 23.2 Å². The Morgan fingerprint density at radius 1 is 1.18 bits per heavy atom. The smallest absolute Gasteiger partial charge is 0.251 e. The number of aromatic hydroxyl groups is 1. The molecule has 0 spiro atoms. The molecule has 1 aromatic carbocycles. The number of hydrogen-bond donors (Lipinski definition) is 1. The Bertz CT molecular complexity index is 1020. The molecule has 5 nitrogen and oxygen atoms in total. The minimum absolute atomic E-state index is 0.128. The van der Waals surface area contributed by atoms with Crippen molar-refractivity contribution in [2.75, 3.05) is 26.2 Å². The molecule has 6 fully saturated rings. The number of benzene rings is 1. The molecule has 176 valence electrons. The monoisotopic (exact) mass is 448 g/mol. The fourth-order valence-electron chi connectivity index (χ4n) is 10.2. The van der Waals surface area contributed by atoms with Crippen LogP contribution >= 0.6 is 0 Å². The van der Waals surface area contributed by atoms with Gasteiger partial charge in [0.1, 0.15) is 11.9 Å². The molecule has 4 aliphatic carbocycles. The van der Waals surface area contributed by atoms with Crippen molar-refractivity contribution in [1.29, 1.82) is 0 Å². The third-order valence-corrected chi connectivity index (χ3v) is 11.3. The SMILES string of the molecule is O=C([C@H]1CCCO1)N1C[C@H]2CC34CCC1C2C31CCN(CC2CC2)C4Cc2ccc(O)cc21. The Morgan fingerprint density at radius 2 is 2.09 bits per heavy atom. The van der Waals surface area contributed by atoms with Crippen molar-refractivity contribution < 1.29 is 14.6 Å². The number of carbonyl (C=O) groups is 1. The molecular formula is C28H36N2O3. The second-order valence-corrected chi connectivity index (χ2v) is 12.5. The molecule has 1 N–H and O–H groups in total. The first-order chi connectivity index (χ1) is 16.1. The van der Waals surface area contributed by atoms with Crippen molar-refractivity contribution in [3.63, 3.8) is 0 Å². The maximum absolute atomic E-state index is 13.5. The zero-order chi connectivity index (χ0) is 21.9. The summed E-state index contributed by atoms with van der Waals surface area (Å²) in [5.41, 5.74) is 3.38. The molecule has 33 heavy (non-hydrogen) atoms. The van der Waals surface area contributed by atoms with E-state index in [9.17, 15) is 9.90 Å². The van der Waals surface area contributed by atoms with Crippen molar-refractivity contribution in [2.24, 2.45) is 23.2 Å². The number of nitrogens with zero attached hydrogens (tertiary/aromatic N) is 2. The number of fused-ring (bicyclic) bond motifs is 1. The summed E-state index contributed by atoms with van der Waals surface area (Å²) in [4.78, 5) is 18.7. The maximum Gasteiger partial charge on any atom is 0.251 e. The molecule has 4 bridgehead atoms. The van der Waals surface area contributed by atoms with Gasteiger partial charge in [0.15, 0.2) is 0 Å². The summed E-state index contributed by atoms with van der Waals surface area (Å²) >= 11 is 0. The number of ether oxygens (including phenoxy) is 1.